The second-order valence-electron chi connectivity index (χ2n) is 6.16. The fourth-order valence-electron chi connectivity index (χ4n) is 3.25. The lowest BCUT2D eigenvalue weighted by atomic mass is 9.94. The number of anilines is 2. The summed E-state index contributed by atoms with van der Waals surface area (Å²) in [6, 6.07) is 16.9. The number of imidazole rings is 1. The standard InChI is InChI=1S/C20H21N3/c1-23-19-10-6-5-9-18(19)22-20(23)21-17-13-11-16(12-14-17)15-7-3-2-4-8-15/h5-7,9-14H,2-4,8H2,1H3,(H,21,22). The Morgan fingerprint density at radius 2 is 1.83 bits per heavy atom. The lowest BCUT2D eigenvalue weighted by Crippen LogP contribution is -1.99. The van der Waals surface area contributed by atoms with Gasteiger partial charge in [-0.3, -0.25) is 0 Å². The quantitative estimate of drug-likeness (QED) is 0.714. The average molecular weight is 303 g/mol. The number of fused-ring (bicyclic) bond motifs is 1. The van der Waals surface area contributed by atoms with Crippen LogP contribution in [-0.4, -0.2) is 9.55 Å². The van der Waals surface area contributed by atoms with Gasteiger partial charge in [0, 0.05) is 12.7 Å². The maximum atomic E-state index is 4.66. The van der Waals surface area contributed by atoms with Crippen LogP contribution in [0, 0.1) is 0 Å². The Morgan fingerprint density at radius 3 is 2.57 bits per heavy atom. The van der Waals surface area contributed by atoms with Gasteiger partial charge < -0.3 is 9.88 Å². The number of hydrogen-bond donors (Lipinski definition) is 1. The molecule has 116 valence electrons. The largest absolute Gasteiger partial charge is 0.326 e. The fourth-order valence-corrected chi connectivity index (χ4v) is 3.25. The minimum absolute atomic E-state index is 0.871. The number of aromatic nitrogens is 2. The van der Waals surface area contributed by atoms with Crippen LogP contribution in [0.1, 0.15) is 31.2 Å². The highest BCUT2D eigenvalue weighted by Gasteiger charge is 2.08. The van der Waals surface area contributed by atoms with E-state index in [0.29, 0.717) is 0 Å². The first-order valence-electron chi connectivity index (χ1n) is 8.29. The van der Waals surface area contributed by atoms with Crippen LogP contribution in [0.3, 0.4) is 0 Å². The van der Waals surface area contributed by atoms with Crippen molar-refractivity contribution in [1.82, 2.24) is 9.55 Å². The summed E-state index contributed by atoms with van der Waals surface area (Å²) in [7, 11) is 2.04. The van der Waals surface area contributed by atoms with Crippen molar-refractivity contribution in [2.45, 2.75) is 25.7 Å². The zero-order valence-electron chi connectivity index (χ0n) is 13.4. The summed E-state index contributed by atoms with van der Waals surface area (Å²) < 4.78 is 2.09. The molecule has 3 nitrogen and oxygen atoms in total. The predicted molar refractivity (Wildman–Crippen MR) is 96.9 cm³/mol. The molecular formula is C20H21N3. The molecule has 0 spiro atoms. The number of para-hydroxylation sites is 2. The van der Waals surface area contributed by atoms with Crippen LogP contribution in [0.4, 0.5) is 11.6 Å². The molecule has 0 unspecified atom stereocenters. The molecule has 0 aliphatic heterocycles. The number of nitrogens with zero attached hydrogens (tertiary/aromatic N) is 2. The van der Waals surface area contributed by atoms with Gasteiger partial charge in [0.2, 0.25) is 5.95 Å². The van der Waals surface area contributed by atoms with E-state index in [1.54, 1.807) is 0 Å². The zero-order valence-corrected chi connectivity index (χ0v) is 13.4. The van der Waals surface area contributed by atoms with E-state index < -0.39 is 0 Å². The second kappa shape index (κ2) is 5.92. The molecule has 0 radical (unpaired) electrons. The molecule has 0 saturated heterocycles. The van der Waals surface area contributed by atoms with Crippen LogP contribution in [0.5, 0.6) is 0 Å². The zero-order chi connectivity index (χ0) is 15.6. The highest BCUT2D eigenvalue weighted by atomic mass is 15.2. The van der Waals surface area contributed by atoms with Crippen LogP contribution in [0.25, 0.3) is 16.6 Å². The Bertz CT molecular complexity index is 856. The first-order chi connectivity index (χ1) is 11.3. The van der Waals surface area contributed by atoms with Crippen LogP contribution >= 0.6 is 0 Å². The van der Waals surface area contributed by atoms with E-state index in [0.717, 1.165) is 22.7 Å². The molecule has 1 heterocycles. The minimum atomic E-state index is 0.871. The van der Waals surface area contributed by atoms with E-state index in [9.17, 15) is 0 Å². The van der Waals surface area contributed by atoms with Gasteiger partial charge in [-0.1, -0.05) is 30.3 Å². The number of rotatable bonds is 3. The third kappa shape index (κ3) is 2.74. The molecule has 0 bridgehead atoms. The Morgan fingerprint density at radius 1 is 1.00 bits per heavy atom. The van der Waals surface area contributed by atoms with Crippen molar-refractivity contribution in [3.63, 3.8) is 0 Å². The van der Waals surface area contributed by atoms with Gasteiger partial charge in [-0.05, 0) is 61.1 Å². The molecule has 3 heteroatoms. The minimum Gasteiger partial charge on any atom is -0.326 e. The number of hydrogen-bond acceptors (Lipinski definition) is 2. The van der Waals surface area contributed by atoms with Gasteiger partial charge >= 0.3 is 0 Å². The van der Waals surface area contributed by atoms with E-state index in [1.165, 1.54) is 36.8 Å². The smallest absolute Gasteiger partial charge is 0.208 e. The summed E-state index contributed by atoms with van der Waals surface area (Å²) in [5.74, 6) is 0.871. The third-order valence-electron chi connectivity index (χ3n) is 4.59. The van der Waals surface area contributed by atoms with Crippen molar-refractivity contribution in [1.29, 1.82) is 0 Å². The summed E-state index contributed by atoms with van der Waals surface area (Å²) in [4.78, 5) is 4.66. The Kier molecular flexibility index (Phi) is 3.62. The monoisotopic (exact) mass is 303 g/mol. The van der Waals surface area contributed by atoms with Crippen molar-refractivity contribution in [3.8, 4) is 0 Å². The van der Waals surface area contributed by atoms with Gasteiger partial charge in [-0.2, -0.15) is 0 Å². The molecule has 1 aliphatic carbocycles. The van der Waals surface area contributed by atoms with E-state index in [1.807, 2.05) is 25.2 Å². The molecule has 23 heavy (non-hydrogen) atoms. The Labute approximate surface area is 136 Å². The molecule has 1 aliphatic rings. The second-order valence-corrected chi connectivity index (χ2v) is 6.16. The van der Waals surface area contributed by atoms with Crippen LogP contribution in [-0.2, 0) is 7.05 Å². The summed E-state index contributed by atoms with van der Waals surface area (Å²) in [6.45, 7) is 0. The van der Waals surface area contributed by atoms with Crippen LogP contribution in [0.15, 0.2) is 54.6 Å². The Hall–Kier alpha value is -2.55. The van der Waals surface area contributed by atoms with Crippen LogP contribution in [0.2, 0.25) is 0 Å². The third-order valence-corrected chi connectivity index (χ3v) is 4.59. The lowest BCUT2D eigenvalue weighted by Gasteiger charge is -2.13. The van der Waals surface area contributed by atoms with E-state index in [2.05, 4.69) is 51.3 Å². The van der Waals surface area contributed by atoms with E-state index in [4.69, 9.17) is 0 Å². The molecule has 3 aromatic rings. The van der Waals surface area contributed by atoms with Crippen molar-refractivity contribution >= 4 is 28.2 Å². The van der Waals surface area contributed by atoms with Gasteiger partial charge in [-0.15, -0.1) is 0 Å². The highest BCUT2D eigenvalue weighted by molar-refractivity contribution is 5.79. The fraction of sp³-hybridized carbons (Fsp3) is 0.250. The summed E-state index contributed by atoms with van der Waals surface area (Å²) in [6.07, 6.45) is 7.45. The van der Waals surface area contributed by atoms with E-state index in [-0.39, 0.29) is 0 Å². The molecular weight excluding hydrogens is 282 g/mol. The Balaban J connectivity index is 1.58. The number of benzene rings is 2. The predicted octanol–water partition coefficient (Wildman–Crippen LogP) is 5.27. The maximum Gasteiger partial charge on any atom is 0.208 e. The number of nitrogens with one attached hydrogen (secondary N) is 1. The van der Waals surface area contributed by atoms with Crippen molar-refractivity contribution in [2.75, 3.05) is 5.32 Å². The SMILES string of the molecule is Cn1c(Nc2ccc(C3=CCCCC3)cc2)nc2ccccc21. The summed E-state index contributed by atoms with van der Waals surface area (Å²) >= 11 is 0. The normalized spacial score (nSPS) is 14.7. The van der Waals surface area contributed by atoms with Gasteiger partial charge in [0.25, 0.3) is 0 Å². The van der Waals surface area contributed by atoms with E-state index >= 15 is 0 Å². The molecule has 2 aromatic carbocycles. The molecule has 0 saturated carbocycles. The molecule has 0 amide bonds. The molecule has 1 aromatic heterocycles. The highest BCUT2D eigenvalue weighted by Crippen LogP contribution is 2.28. The van der Waals surface area contributed by atoms with Crippen molar-refractivity contribution in [2.24, 2.45) is 7.05 Å². The molecule has 0 atom stereocenters. The molecule has 0 fully saturated rings. The van der Waals surface area contributed by atoms with Crippen molar-refractivity contribution < 1.29 is 0 Å². The van der Waals surface area contributed by atoms with Gasteiger partial charge in [0.1, 0.15) is 0 Å². The summed E-state index contributed by atoms with van der Waals surface area (Å²) in [5.41, 5.74) is 6.06. The van der Waals surface area contributed by atoms with Crippen molar-refractivity contribution in [3.05, 3.63) is 60.2 Å². The van der Waals surface area contributed by atoms with Crippen LogP contribution < -0.4 is 5.32 Å². The topological polar surface area (TPSA) is 29.9 Å². The number of aryl methyl sites for hydroxylation is 1. The maximum absolute atomic E-state index is 4.66. The molecule has 4 rings (SSSR count). The average Bonchev–Trinajstić information content (AvgIpc) is 2.93. The first kappa shape index (κ1) is 14.1. The lowest BCUT2D eigenvalue weighted by molar-refractivity contribution is 0.742. The van der Waals surface area contributed by atoms with Gasteiger partial charge in [0.15, 0.2) is 0 Å². The molecule has 1 N–H and O–H groups in total. The summed E-state index contributed by atoms with van der Waals surface area (Å²) in [5, 5.41) is 3.42. The number of allylic oxidation sites excluding steroid dienone is 2. The van der Waals surface area contributed by atoms with Gasteiger partial charge in [0.05, 0.1) is 11.0 Å². The first-order valence-corrected chi connectivity index (χ1v) is 8.29. The van der Waals surface area contributed by atoms with Gasteiger partial charge in [-0.25, -0.2) is 4.98 Å².